The third-order valence-corrected chi connectivity index (χ3v) is 7.17. The van der Waals surface area contributed by atoms with Crippen LogP contribution in [-0.2, 0) is 47.7 Å². The third-order valence-electron chi connectivity index (χ3n) is 7.17. The average molecular weight is 647 g/mol. The zero-order chi connectivity index (χ0) is 34.0. The molecule has 0 saturated heterocycles. The van der Waals surface area contributed by atoms with Crippen LogP contribution < -0.4 is 10.4 Å². The van der Waals surface area contributed by atoms with E-state index in [2.05, 4.69) is 0 Å². The quantitative estimate of drug-likeness (QED) is 0.191. The molecule has 248 valence electrons. The molecule has 2 aromatic heterocycles. The fraction of sp³-hybridized carbons (Fsp3) is 0.484. The Morgan fingerprint density at radius 3 is 2.02 bits per heavy atom. The summed E-state index contributed by atoms with van der Waals surface area (Å²) in [6, 6.07) is 5.81. The Labute approximate surface area is 261 Å². The largest absolute Gasteiger partial charge is 0.488 e. The minimum absolute atomic E-state index is 0.160. The zero-order valence-electron chi connectivity index (χ0n) is 26.0. The number of hydrogen-bond acceptors (Lipinski definition) is 15. The highest BCUT2D eigenvalue weighted by Gasteiger charge is 2.58. The van der Waals surface area contributed by atoms with Crippen LogP contribution in [0, 0.1) is 0 Å². The van der Waals surface area contributed by atoms with Crippen LogP contribution in [0.15, 0.2) is 44.2 Å². The molecule has 46 heavy (non-hydrogen) atoms. The Hall–Kier alpha value is -4.92. The molecule has 3 atom stereocenters. The molecule has 0 spiro atoms. The maximum atomic E-state index is 14.0. The molecular formula is C31H34O15. The van der Waals surface area contributed by atoms with Crippen molar-refractivity contribution in [1.82, 2.24) is 0 Å². The maximum absolute atomic E-state index is 14.0. The van der Waals surface area contributed by atoms with Gasteiger partial charge in [-0.15, -0.1) is 0 Å². The standard InChI is InChI=1S/C31H34O15/c1-15(32)41-23-12-31(46-18(4)35,13-24(42-16(2)33)28(23)43-17(3)34)29(37)45-25(30(5,6)38)14-40-27-19-7-8-26(36)44-22(19)11-21-20(27)9-10-39-21/h7-11,23-25,28,38H,12-14H2,1-6H3/t23-,24-,25?,28?,31?/m0/s1. The van der Waals surface area contributed by atoms with Crippen LogP contribution in [0.1, 0.15) is 54.4 Å². The van der Waals surface area contributed by atoms with Crippen LogP contribution in [0.3, 0.4) is 0 Å². The van der Waals surface area contributed by atoms with Gasteiger partial charge in [0, 0.05) is 52.7 Å². The van der Waals surface area contributed by atoms with Crippen LogP contribution in [-0.4, -0.2) is 77.2 Å². The van der Waals surface area contributed by atoms with E-state index < -0.39 is 90.5 Å². The first-order valence-electron chi connectivity index (χ1n) is 14.2. The highest BCUT2D eigenvalue weighted by atomic mass is 16.6. The van der Waals surface area contributed by atoms with Crippen LogP contribution in [0.4, 0.5) is 0 Å². The molecule has 4 rings (SSSR count). The summed E-state index contributed by atoms with van der Waals surface area (Å²) in [6.45, 7) is 6.51. The second-order valence-corrected chi connectivity index (χ2v) is 11.4. The Bertz CT molecular complexity index is 1680. The number of carbonyl (C=O) groups is 5. The van der Waals surface area contributed by atoms with Crippen LogP contribution >= 0.6 is 0 Å². The van der Waals surface area contributed by atoms with Gasteiger partial charge in [-0.1, -0.05) is 0 Å². The number of rotatable bonds is 10. The van der Waals surface area contributed by atoms with Crippen molar-refractivity contribution in [3.63, 3.8) is 0 Å². The van der Waals surface area contributed by atoms with Gasteiger partial charge in [0.05, 0.1) is 22.6 Å². The summed E-state index contributed by atoms with van der Waals surface area (Å²) in [5, 5.41) is 11.9. The Balaban J connectivity index is 1.70. The van der Waals surface area contributed by atoms with Gasteiger partial charge in [0.1, 0.15) is 35.7 Å². The fourth-order valence-corrected chi connectivity index (χ4v) is 5.30. The Kier molecular flexibility index (Phi) is 9.75. The summed E-state index contributed by atoms with van der Waals surface area (Å²) in [5.74, 6) is -4.35. The lowest BCUT2D eigenvalue weighted by Crippen LogP contribution is -2.62. The summed E-state index contributed by atoms with van der Waals surface area (Å²) in [6.07, 6.45) is -5.29. The molecule has 1 aliphatic carbocycles. The molecule has 1 unspecified atom stereocenters. The Morgan fingerprint density at radius 1 is 0.891 bits per heavy atom. The topological polar surface area (TPSA) is 204 Å². The lowest BCUT2D eigenvalue weighted by Gasteiger charge is -2.45. The molecule has 1 aromatic carbocycles. The van der Waals surface area contributed by atoms with Gasteiger partial charge in [-0.25, -0.2) is 9.59 Å². The highest BCUT2D eigenvalue weighted by Crippen LogP contribution is 2.40. The molecule has 2 heterocycles. The number of furan rings is 1. The van der Waals surface area contributed by atoms with Gasteiger partial charge in [-0.3, -0.25) is 19.2 Å². The molecule has 0 bridgehead atoms. The molecular weight excluding hydrogens is 612 g/mol. The SMILES string of the molecule is CC(=O)OC1[C@@H](OC(C)=O)CC(OC(C)=O)(C(=O)OC(COc2c3ccoc3cc3oc(=O)ccc23)C(C)(C)O)C[C@@H]1OC(C)=O. The van der Waals surface area contributed by atoms with Gasteiger partial charge in [0.2, 0.25) is 5.60 Å². The van der Waals surface area contributed by atoms with Crippen molar-refractivity contribution in [1.29, 1.82) is 0 Å². The number of aliphatic hydroxyl groups is 1. The molecule has 0 amide bonds. The molecule has 1 saturated carbocycles. The third kappa shape index (κ3) is 7.65. The lowest BCUT2D eigenvalue weighted by molar-refractivity contribution is -0.228. The highest BCUT2D eigenvalue weighted by molar-refractivity contribution is 6.01. The number of hydrogen-bond donors (Lipinski definition) is 1. The van der Waals surface area contributed by atoms with E-state index in [-0.39, 0.29) is 11.3 Å². The van der Waals surface area contributed by atoms with Gasteiger partial charge < -0.3 is 42.4 Å². The summed E-state index contributed by atoms with van der Waals surface area (Å²) in [7, 11) is 0. The van der Waals surface area contributed by atoms with E-state index in [9.17, 15) is 33.9 Å². The lowest BCUT2D eigenvalue weighted by atomic mass is 9.78. The predicted octanol–water partition coefficient (Wildman–Crippen LogP) is 2.49. The number of fused-ring (bicyclic) bond motifs is 2. The van der Waals surface area contributed by atoms with Gasteiger partial charge in [0.15, 0.2) is 12.2 Å². The minimum Gasteiger partial charge on any atom is -0.488 e. The molecule has 15 nitrogen and oxygen atoms in total. The Morgan fingerprint density at radius 2 is 1.48 bits per heavy atom. The van der Waals surface area contributed by atoms with Crippen molar-refractivity contribution in [2.75, 3.05) is 6.61 Å². The number of esters is 5. The molecule has 0 aliphatic heterocycles. The van der Waals surface area contributed by atoms with Crippen molar-refractivity contribution in [2.45, 2.75) is 90.0 Å². The first-order chi connectivity index (χ1) is 21.5. The van der Waals surface area contributed by atoms with E-state index >= 15 is 0 Å². The van der Waals surface area contributed by atoms with Crippen molar-refractivity contribution in [2.24, 2.45) is 0 Å². The maximum Gasteiger partial charge on any atom is 0.351 e. The fourth-order valence-electron chi connectivity index (χ4n) is 5.30. The van der Waals surface area contributed by atoms with Gasteiger partial charge in [-0.05, 0) is 26.0 Å². The predicted molar refractivity (Wildman–Crippen MR) is 154 cm³/mol. The van der Waals surface area contributed by atoms with Crippen molar-refractivity contribution in [3.05, 3.63) is 40.9 Å². The summed E-state index contributed by atoms with van der Waals surface area (Å²) in [5.41, 5.74) is -4.09. The van der Waals surface area contributed by atoms with E-state index in [1.807, 2.05) is 0 Å². The van der Waals surface area contributed by atoms with Crippen LogP contribution in [0.5, 0.6) is 5.75 Å². The van der Waals surface area contributed by atoms with Crippen molar-refractivity contribution < 1.29 is 66.3 Å². The first-order valence-corrected chi connectivity index (χ1v) is 14.2. The van der Waals surface area contributed by atoms with Gasteiger partial charge in [0.25, 0.3) is 0 Å². The normalized spacial score (nSPS) is 22.0. The van der Waals surface area contributed by atoms with Gasteiger partial charge >= 0.3 is 35.5 Å². The summed E-state index contributed by atoms with van der Waals surface area (Å²) < 4.78 is 44.0. The van der Waals surface area contributed by atoms with E-state index in [4.69, 9.17) is 37.3 Å². The molecule has 1 N–H and O–H groups in total. The zero-order valence-corrected chi connectivity index (χ0v) is 26.0. The number of ether oxygens (including phenoxy) is 6. The molecule has 0 radical (unpaired) electrons. The monoisotopic (exact) mass is 646 g/mol. The average Bonchev–Trinajstić information content (AvgIpc) is 3.38. The van der Waals surface area contributed by atoms with E-state index in [1.54, 1.807) is 6.07 Å². The van der Waals surface area contributed by atoms with Crippen LogP contribution in [0.2, 0.25) is 0 Å². The smallest absolute Gasteiger partial charge is 0.351 e. The van der Waals surface area contributed by atoms with Gasteiger partial charge in [-0.2, -0.15) is 0 Å². The van der Waals surface area contributed by atoms with Crippen LogP contribution in [0.25, 0.3) is 21.9 Å². The second-order valence-electron chi connectivity index (χ2n) is 11.4. The van der Waals surface area contributed by atoms with E-state index in [0.29, 0.717) is 16.4 Å². The first kappa shape index (κ1) is 34.0. The number of benzene rings is 1. The summed E-state index contributed by atoms with van der Waals surface area (Å²) >= 11 is 0. The van der Waals surface area contributed by atoms with Crippen molar-refractivity contribution in [3.8, 4) is 5.75 Å². The molecule has 1 aliphatic rings. The second kappa shape index (κ2) is 13.2. The summed E-state index contributed by atoms with van der Waals surface area (Å²) in [4.78, 5) is 74.1. The molecule has 1 fully saturated rings. The number of carbonyl (C=O) groups excluding carboxylic acids is 5. The van der Waals surface area contributed by atoms with Crippen molar-refractivity contribution >= 4 is 51.8 Å². The van der Waals surface area contributed by atoms with E-state index in [0.717, 1.165) is 27.7 Å². The molecule has 3 aromatic rings. The molecule has 15 heteroatoms. The van der Waals surface area contributed by atoms with E-state index in [1.165, 1.54) is 38.3 Å². The minimum atomic E-state index is -2.23.